The van der Waals surface area contributed by atoms with E-state index in [1.54, 1.807) is 24.3 Å². The average molecular weight is 483 g/mol. The van der Waals surface area contributed by atoms with Crippen LogP contribution in [0.1, 0.15) is 34.8 Å². The highest BCUT2D eigenvalue weighted by Gasteiger charge is 2.28. The van der Waals surface area contributed by atoms with Gasteiger partial charge in [0.25, 0.3) is 5.91 Å². The molecule has 0 bridgehead atoms. The van der Waals surface area contributed by atoms with Crippen molar-refractivity contribution in [1.82, 2.24) is 5.43 Å². The molecule has 0 radical (unpaired) electrons. The molecule has 1 heterocycles. The SMILES string of the molecule is CCOc1ccc(OCc2ccc(C(=O)N/N=C3/CCS(=O)(=O)c4ccc(F)cc43)cc2)cc1. The van der Waals surface area contributed by atoms with Crippen LogP contribution in [0.4, 0.5) is 4.39 Å². The van der Waals surface area contributed by atoms with Crippen molar-refractivity contribution in [1.29, 1.82) is 0 Å². The summed E-state index contributed by atoms with van der Waals surface area (Å²) in [4.78, 5) is 12.5. The Morgan fingerprint density at radius 3 is 2.35 bits per heavy atom. The Bertz CT molecular complexity index is 1320. The molecule has 3 aromatic rings. The number of sulfone groups is 1. The van der Waals surface area contributed by atoms with E-state index in [0.29, 0.717) is 30.2 Å². The number of benzene rings is 3. The fraction of sp³-hybridized carbons (Fsp3) is 0.200. The minimum Gasteiger partial charge on any atom is -0.494 e. The van der Waals surface area contributed by atoms with E-state index < -0.39 is 21.6 Å². The third kappa shape index (κ3) is 5.43. The second-order valence-electron chi connectivity index (χ2n) is 7.60. The van der Waals surface area contributed by atoms with E-state index in [1.165, 1.54) is 6.07 Å². The Kier molecular flexibility index (Phi) is 6.93. The summed E-state index contributed by atoms with van der Waals surface area (Å²) in [5.41, 5.74) is 4.18. The van der Waals surface area contributed by atoms with Crippen LogP contribution in [0.2, 0.25) is 0 Å². The van der Waals surface area contributed by atoms with E-state index in [2.05, 4.69) is 10.5 Å². The normalized spacial score (nSPS) is 15.4. The standard InChI is InChI=1S/C25H23FN2O5S/c1-2-32-20-8-10-21(11-9-20)33-16-17-3-5-18(6-4-17)25(29)28-27-23-13-14-34(30,31)24-12-7-19(26)15-22(23)24/h3-12,15H,2,13-14,16H2,1H3,(H,28,29)/b27-23-. The first-order valence-electron chi connectivity index (χ1n) is 10.7. The van der Waals surface area contributed by atoms with E-state index in [4.69, 9.17) is 9.47 Å². The lowest BCUT2D eigenvalue weighted by atomic mass is 10.1. The maximum Gasteiger partial charge on any atom is 0.271 e. The largest absolute Gasteiger partial charge is 0.494 e. The van der Waals surface area contributed by atoms with Gasteiger partial charge < -0.3 is 9.47 Å². The van der Waals surface area contributed by atoms with Gasteiger partial charge in [0, 0.05) is 17.5 Å². The number of ether oxygens (including phenoxy) is 2. The molecule has 176 valence electrons. The molecule has 1 aliphatic heterocycles. The van der Waals surface area contributed by atoms with Crippen molar-refractivity contribution in [2.24, 2.45) is 5.10 Å². The van der Waals surface area contributed by atoms with Crippen molar-refractivity contribution in [2.75, 3.05) is 12.4 Å². The lowest BCUT2D eigenvalue weighted by Crippen LogP contribution is -2.26. The molecule has 0 aliphatic carbocycles. The zero-order valence-electron chi connectivity index (χ0n) is 18.5. The number of carbonyl (C=O) groups is 1. The number of hydrazone groups is 1. The monoisotopic (exact) mass is 482 g/mol. The van der Waals surface area contributed by atoms with Crippen LogP contribution in [0.3, 0.4) is 0 Å². The Morgan fingerprint density at radius 2 is 1.68 bits per heavy atom. The molecule has 0 aromatic heterocycles. The fourth-order valence-corrected chi connectivity index (χ4v) is 4.96. The Balaban J connectivity index is 1.39. The Labute approximate surface area is 197 Å². The Morgan fingerprint density at radius 1 is 1.00 bits per heavy atom. The minimum atomic E-state index is -3.50. The number of amides is 1. The summed E-state index contributed by atoms with van der Waals surface area (Å²) >= 11 is 0. The molecule has 0 atom stereocenters. The molecule has 0 fully saturated rings. The topological polar surface area (TPSA) is 94.1 Å². The predicted octanol–water partition coefficient (Wildman–Crippen LogP) is 4.11. The molecule has 1 N–H and O–H groups in total. The maximum atomic E-state index is 13.7. The zero-order valence-corrected chi connectivity index (χ0v) is 19.3. The van der Waals surface area contributed by atoms with Crippen LogP contribution in [-0.4, -0.2) is 32.4 Å². The third-order valence-electron chi connectivity index (χ3n) is 5.24. The number of hydrogen-bond donors (Lipinski definition) is 1. The van der Waals surface area contributed by atoms with Gasteiger partial charge in [0.15, 0.2) is 9.84 Å². The lowest BCUT2D eigenvalue weighted by Gasteiger charge is -2.18. The molecule has 7 nitrogen and oxygen atoms in total. The van der Waals surface area contributed by atoms with Crippen molar-refractivity contribution < 1.29 is 27.1 Å². The van der Waals surface area contributed by atoms with Crippen molar-refractivity contribution >= 4 is 21.5 Å². The van der Waals surface area contributed by atoms with Crippen molar-refractivity contribution in [2.45, 2.75) is 24.8 Å². The van der Waals surface area contributed by atoms with Gasteiger partial charge >= 0.3 is 0 Å². The second-order valence-corrected chi connectivity index (χ2v) is 9.68. The van der Waals surface area contributed by atoms with Gasteiger partial charge in [-0.2, -0.15) is 5.10 Å². The molecular weight excluding hydrogens is 459 g/mol. The number of nitrogens with zero attached hydrogens (tertiary/aromatic N) is 1. The summed E-state index contributed by atoms with van der Waals surface area (Å²) in [6.45, 7) is 2.85. The predicted molar refractivity (Wildman–Crippen MR) is 125 cm³/mol. The minimum absolute atomic E-state index is 0.0185. The molecule has 0 spiro atoms. The number of hydrogen-bond acceptors (Lipinski definition) is 6. The lowest BCUT2D eigenvalue weighted by molar-refractivity contribution is 0.0954. The molecule has 0 saturated carbocycles. The van der Waals surface area contributed by atoms with Crippen LogP contribution < -0.4 is 14.9 Å². The molecule has 3 aromatic carbocycles. The van der Waals surface area contributed by atoms with Gasteiger partial charge in [0.1, 0.15) is 23.9 Å². The average Bonchev–Trinajstić information content (AvgIpc) is 2.83. The molecular formula is C25H23FN2O5S. The van der Waals surface area contributed by atoms with E-state index in [-0.39, 0.29) is 22.6 Å². The van der Waals surface area contributed by atoms with Crippen LogP contribution in [0.25, 0.3) is 0 Å². The first-order chi connectivity index (χ1) is 16.4. The van der Waals surface area contributed by atoms with E-state index >= 15 is 0 Å². The molecule has 0 saturated heterocycles. The van der Waals surface area contributed by atoms with Crippen LogP contribution in [0.15, 0.2) is 76.7 Å². The van der Waals surface area contributed by atoms with Gasteiger partial charge in [0.05, 0.1) is 23.0 Å². The van der Waals surface area contributed by atoms with Crippen molar-refractivity contribution in [3.8, 4) is 11.5 Å². The van der Waals surface area contributed by atoms with Crippen LogP contribution in [-0.2, 0) is 16.4 Å². The molecule has 4 rings (SSSR count). The smallest absolute Gasteiger partial charge is 0.271 e. The highest BCUT2D eigenvalue weighted by Crippen LogP contribution is 2.26. The summed E-state index contributed by atoms with van der Waals surface area (Å²) in [5.74, 6) is 0.295. The third-order valence-corrected chi connectivity index (χ3v) is 7.01. The summed E-state index contributed by atoms with van der Waals surface area (Å²) < 4.78 is 49.3. The second kappa shape index (κ2) is 10.0. The van der Waals surface area contributed by atoms with Crippen LogP contribution in [0.5, 0.6) is 11.5 Å². The summed E-state index contributed by atoms with van der Waals surface area (Å²) in [6.07, 6.45) is 0.0842. The highest BCUT2D eigenvalue weighted by molar-refractivity contribution is 7.91. The molecule has 1 amide bonds. The summed E-state index contributed by atoms with van der Waals surface area (Å²) in [6, 6.07) is 17.6. The van der Waals surface area contributed by atoms with Gasteiger partial charge in [-0.3, -0.25) is 4.79 Å². The van der Waals surface area contributed by atoms with Gasteiger partial charge in [-0.25, -0.2) is 18.2 Å². The zero-order chi connectivity index (χ0) is 24.1. The summed E-state index contributed by atoms with van der Waals surface area (Å²) in [7, 11) is -3.50. The van der Waals surface area contributed by atoms with E-state index in [0.717, 1.165) is 23.4 Å². The highest BCUT2D eigenvalue weighted by atomic mass is 32.2. The quantitative estimate of drug-likeness (QED) is 0.404. The van der Waals surface area contributed by atoms with Crippen molar-refractivity contribution in [3.63, 3.8) is 0 Å². The molecule has 1 aliphatic rings. The van der Waals surface area contributed by atoms with Crippen LogP contribution >= 0.6 is 0 Å². The van der Waals surface area contributed by atoms with Crippen molar-refractivity contribution in [3.05, 3.63) is 89.2 Å². The molecule has 9 heteroatoms. The number of halogens is 1. The fourth-order valence-electron chi connectivity index (χ4n) is 3.49. The van der Waals surface area contributed by atoms with Gasteiger partial charge in [-0.1, -0.05) is 12.1 Å². The summed E-state index contributed by atoms with van der Waals surface area (Å²) in [5, 5.41) is 4.08. The number of fused-ring (bicyclic) bond motifs is 1. The first-order valence-corrected chi connectivity index (χ1v) is 12.3. The van der Waals surface area contributed by atoms with Gasteiger partial charge in [0.2, 0.25) is 0 Å². The molecule has 34 heavy (non-hydrogen) atoms. The number of rotatable bonds is 7. The Hall–Kier alpha value is -3.72. The number of nitrogens with one attached hydrogen (secondary N) is 1. The van der Waals surface area contributed by atoms with Gasteiger partial charge in [-0.15, -0.1) is 0 Å². The number of carbonyl (C=O) groups excluding carboxylic acids is 1. The van der Waals surface area contributed by atoms with E-state index in [9.17, 15) is 17.6 Å². The van der Waals surface area contributed by atoms with Crippen LogP contribution in [0, 0.1) is 5.82 Å². The maximum absolute atomic E-state index is 13.7. The first kappa shape index (κ1) is 23.4. The van der Waals surface area contributed by atoms with Gasteiger partial charge in [-0.05, 0) is 67.1 Å². The molecule has 0 unspecified atom stereocenters. The van der Waals surface area contributed by atoms with E-state index in [1.807, 2.05) is 31.2 Å².